The zero-order valence-electron chi connectivity index (χ0n) is 18.7. The Morgan fingerprint density at radius 3 is 2.79 bits per heavy atom. The molecule has 0 saturated heterocycles. The topological polar surface area (TPSA) is 151 Å². The lowest BCUT2D eigenvalue weighted by atomic mass is 9.80. The number of imidazole rings is 1. The molecule has 2 heterocycles. The Bertz CT molecular complexity index is 1050. The summed E-state index contributed by atoms with van der Waals surface area (Å²) in [5.41, 5.74) is 9.17. The summed E-state index contributed by atoms with van der Waals surface area (Å²) >= 11 is 0. The van der Waals surface area contributed by atoms with Gasteiger partial charge in [0.15, 0.2) is 11.4 Å². The molecule has 0 aromatic carbocycles. The summed E-state index contributed by atoms with van der Waals surface area (Å²) in [6, 6.07) is 3.60. The second kappa shape index (κ2) is 10.2. The van der Waals surface area contributed by atoms with Crippen molar-refractivity contribution in [2.24, 2.45) is 22.1 Å². The number of carbonyl (C=O) groups excluding carboxylic acids is 1. The van der Waals surface area contributed by atoms with E-state index in [0.29, 0.717) is 36.0 Å². The Morgan fingerprint density at radius 1 is 1.33 bits per heavy atom. The third-order valence-corrected chi connectivity index (χ3v) is 6.93. The van der Waals surface area contributed by atoms with Crippen LogP contribution in [0.15, 0.2) is 28.6 Å². The van der Waals surface area contributed by atoms with Gasteiger partial charge in [0.05, 0.1) is 18.8 Å². The number of nitroso groups, excluding NO2 is 1. The highest BCUT2D eigenvalue weighted by Gasteiger charge is 2.34. The van der Waals surface area contributed by atoms with E-state index in [0.717, 1.165) is 50.0 Å². The number of carbonyl (C=O) groups is 1. The predicted molar refractivity (Wildman–Crippen MR) is 122 cm³/mol. The Hall–Kier alpha value is -3.17. The molecule has 0 aliphatic heterocycles. The molecule has 0 unspecified atom stereocenters. The molecule has 4 rings (SSSR count). The smallest absolute Gasteiger partial charge is 0.286 e. The molecule has 2 aliphatic rings. The predicted octanol–water partition coefficient (Wildman–Crippen LogP) is 4.50. The molecule has 11 nitrogen and oxygen atoms in total. The third kappa shape index (κ3) is 4.94. The molecule has 33 heavy (non-hydrogen) atoms. The average molecular weight is 455 g/mol. The summed E-state index contributed by atoms with van der Waals surface area (Å²) in [6.45, 7) is 0.705. The standard InChI is InChI=1S/C22H30N8O3/c23-28-25-14-17-19(21(31)30(24)13-11-22(27-32)9-2-1-3-10-22)29-12-5-8-18(20(29)26-17)33-15-16-6-4-7-16/h5,8,12,16H,1-4,6-7,9-11,13-15,24H2. The van der Waals surface area contributed by atoms with Crippen molar-refractivity contribution in [1.29, 1.82) is 0 Å². The molecular formula is C22H30N8O3. The van der Waals surface area contributed by atoms with Gasteiger partial charge in [-0.2, -0.15) is 4.91 Å². The average Bonchev–Trinajstić information content (AvgIpc) is 3.19. The Labute approximate surface area is 191 Å². The third-order valence-electron chi connectivity index (χ3n) is 6.93. The van der Waals surface area contributed by atoms with E-state index >= 15 is 0 Å². The number of nitrogens with two attached hydrogens (primary N) is 1. The highest BCUT2D eigenvalue weighted by molar-refractivity contribution is 5.94. The molecule has 1 amide bonds. The monoisotopic (exact) mass is 454 g/mol. The Kier molecular flexibility index (Phi) is 7.10. The van der Waals surface area contributed by atoms with Crippen molar-refractivity contribution in [1.82, 2.24) is 14.4 Å². The molecule has 176 valence electrons. The molecule has 0 atom stereocenters. The highest BCUT2D eigenvalue weighted by Crippen LogP contribution is 2.35. The molecule has 11 heteroatoms. The number of hydrogen-bond acceptors (Lipinski definition) is 7. The van der Waals surface area contributed by atoms with Crippen LogP contribution in [-0.4, -0.2) is 39.0 Å². The zero-order chi connectivity index (χ0) is 23.3. The van der Waals surface area contributed by atoms with Crippen molar-refractivity contribution in [3.63, 3.8) is 0 Å². The summed E-state index contributed by atoms with van der Waals surface area (Å²) < 4.78 is 7.63. The number of aromatic nitrogens is 2. The van der Waals surface area contributed by atoms with Crippen molar-refractivity contribution in [3.05, 3.63) is 45.1 Å². The van der Waals surface area contributed by atoms with Crippen LogP contribution in [-0.2, 0) is 6.54 Å². The van der Waals surface area contributed by atoms with E-state index in [2.05, 4.69) is 20.2 Å². The second-order valence-corrected chi connectivity index (χ2v) is 9.09. The van der Waals surface area contributed by atoms with Crippen molar-refractivity contribution in [2.45, 2.75) is 69.9 Å². The number of nitrogens with zero attached hydrogens (tertiary/aromatic N) is 7. The number of pyridine rings is 1. The summed E-state index contributed by atoms with van der Waals surface area (Å²) in [4.78, 5) is 32.3. The van der Waals surface area contributed by atoms with Gasteiger partial charge >= 0.3 is 0 Å². The molecule has 0 spiro atoms. The number of hydrazine groups is 1. The van der Waals surface area contributed by atoms with Gasteiger partial charge in [-0.3, -0.25) is 14.2 Å². The van der Waals surface area contributed by atoms with Crippen LogP contribution in [0.25, 0.3) is 16.1 Å². The molecule has 2 saturated carbocycles. The molecule has 0 radical (unpaired) electrons. The number of ether oxygens (including phenoxy) is 1. The van der Waals surface area contributed by atoms with Crippen LogP contribution in [0.5, 0.6) is 5.75 Å². The lowest BCUT2D eigenvalue weighted by Gasteiger charge is -2.31. The van der Waals surface area contributed by atoms with Crippen LogP contribution in [0.4, 0.5) is 0 Å². The van der Waals surface area contributed by atoms with E-state index in [1.54, 1.807) is 16.7 Å². The maximum atomic E-state index is 13.4. The van der Waals surface area contributed by atoms with Crippen LogP contribution in [0, 0.1) is 10.8 Å². The van der Waals surface area contributed by atoms with Crippen LogP contribution in [0.3, 0.4) is 0 Å². The van der Waals surface area contributed by atoms with Gasteiger partial charge in [0.1, 0.15) is 11.2 Å². The van der Waals surface area contributed by atoms with Gasteiger partial charge in [0.2, 0.25) is 0 Å². The van der Waals surface area contributed by atoms with E-state index < -0.39 is 11.4 Å². The largest absolute Gasteiger partial charge is 0.489 e. The quantitative estimate of drug-likeness (QED) is 0.107. The first kappa shape index (κ1) is 23.0. The normalized spacial score (nSPS) is 17.7. The van der Waals surface area contributed by atoms with E-state index in [4.69, 9.17) is 16.1 Å². The SMILES string of the molecule is [N-]=[N+]=NCc1nc2c(OCC3CCC3)cccn2c1C(=O)N(N)CCC1(N=O)CCCCC1. The fourth-order valence-electron chi connectivity index (χ4n) is 4.67. The van der Waals surface area contributed by atoms with Gasteiger partial charge < -0.3 is 4.74 Å². The van der Waals surface area contributed by atoms with E-state index in [-0.39, 0.29) is 18.8 Å². The van der Waals surface area contributed by atoms with Gasteiger partial charge in [0, 0.05) is 17.7 Å². The van der Waals surface area contributed by atoms with Gasteiger partial charge in [-0.1, -0.05) is 36.0 Å². The Morgan fingerprint density at radius 2 is 2.12 bits per heavy atom. The van der Waals surface area contributed by atoms with E-state index in [1.807, 2.05) is 6.07 Å². The highest BCUT2D eigenvalue weighted by atomic mass is 16.5. The fourth-order valence-corrected chi connectivity index (χ4v) is 4.67. The zero-order valence-corrected chi connectivity index (χ0v) is 18.7. The maximum absolute atomic E-state index is 13.4. The number of rotatable bonds is 10. The van der Waals surface area contributed by atoms with E-state index in [1.165, 1.54) is 6.42 Å². The fraction of sp³-hybridized carbons (Fsp3) is 0.636. The number of hydrogen-bond donors (Lipinski definition) is 1. The van der Waals surface area contributed by atoms with Gasteiger partial charge in [-0.15, -0.1) is 0 Å². The van der Waals surface area contributed by atoms with Gasteiger partial charge in [-0.05, 0) is 55.7 Å². The minimum absolute atomic E-state index is 0.0883. The summed E-state index contributed by atoms with van der Waals surface area (Å²) in [6.07, 6.45) is 10.1. The van der Waals surface area contributed by atoms with Gasteiger partial charge in [-0.25, -0.2) is 10.8 Å². The summed E-state index contributed by atoms with van der Waals surface area (Å²) in [7, 11) is 0. The minimum Gasteiger partial charge on any atom is -0.489 e. The molecule has 2 aliphatic carbocycles. The summed E-state index contributed by atoms with van der Waals surface area (Å²) in [5.74, 6) is 6.81. The first-order valence-electron chi connectivity index (χ1n) is 11.6. The number of azide groups is 1. The maximum Gasteiger partial charge on any atom is 0.286 e. The lowest BCUT2D eigenvalue weighted by molar-refractivity contribution is 0.0728. The molecule has 2 aromatic heterocycles. The molecule has 2 N–H and O–H groups in total. The van der Waals surface area contributed by atoms with Crippen molar-refractivity contribution < 1.29 is 9.53 Å². The van der Waals surface area contributed by atoms with Crippen LogP contribution in [0.2, 0.25) is 0 Å². The molecular weight excluding hydrogens is 424 g/mol. The number of amides is 1. The van der Waals surface area contributed by atoms with E-state index in [9.17, 15) is 9.70 Å². The minimum atomic E-state index is -0.661. The number of fused-ring (bicyclic) bond motifs is 1. The van der Waals surface area contributed by atoms with Gasteiger partial charge in [0.25, 0.3) is 5.91 Å². The molecule has 2 aromatic rings. The van der Waals surface area contributed by atoms with Crippen LogP contribution in [0.1, 0.15) is 74.0 Å². The molecule has 2 fully saturated rings. The van der Waals surface area contributed by atoms with Crippen LogP contribution < -0.4 is 10.6 Å². The van der Waals surface area contributed by atoms with Crippen molar-refractivity contribution in [3.8, 4) is 5.75 Å². The second-order valence-electron chi connectivity index (χ2n) is 9.09. The Balaban J connectivity index is 1.57. The lowest BCUT2D eigenvalue weighted by Crippen LogP contribution is -2.43. The first-order chi connectivity index (χ1) is 16.1. The summed E-state index contributed by atoms with van der Waals surface area (Å²) in [5, 5.41) is 8.12. The molecule has 0 bridgehead atoms. The van der Waals surface area contributed by atoms with Crippen molar-refractivity contribution >= 4 is 11.6 Å². The van der Waals surface area contributed by atoms with Crippen molar-refractivity contribution in [2.75, 3.05) is 13.2 Å². The van der Waals surface area contributed by atoms with Crippen LogP contribution >= 0.6 is 0 Å². The first-order valence-corrected chi connectivity index (χ1v) is 11.6.